The molecule has 178 valence electrons. The molecule has 1 heterocycles. The summed E-state index contributed by atoms with van der Waals surface area (Å²) in [4.78, 5) is 4.23. The SMILES string of the molecule is CCCC[C@H](C)c1nc(-c2ccc(OCc3ccc(C(F)(F)F)cc3)c(C(F)(F)F)c2)no1. The fraction of sp³-hybridized carbons (Fsp3) is 0.391. The topological polar surface area (TPSA) is 48.2 Å². The lowest BCUT2D eigenvalue weighted by atomic mass is 10.0. The molecule has 33 heavy (non-hydrogen) atoms. The molecule has 0 aliphatic carbocycles. The van der Waals surface area contributed by atoms with Gasteiger partial charge in [-0.25, -0.2) is 0 Å². The van der Waals surface area contributed by atoms with Crippen molar-refractivity contribution in [1.82, 2.24) is 10.1 Å². The summed E-state index contributed by atoms with van der Waals surface area (Å²) in [7, 11) is 0. The van der Waals surface area contributed by atoms with Gasteiger partial charge in [-0.15, -0.1) is 0 Å². The third-order valence-corrected chi connectivity index (χ3v) is 5.07. The van der Waals surface area contributed by atoms with E-state index in [0.717, 1.165) is 55.7 Å². The summed E-state index contributed by atoms with van der Waals surface area (Å²) in [6.45, 7) is 3.62. The molecule has 0 spiro atoms. The van der Waals surface area contributed by atoms with Gasteiger partial charge in [-0.05, 0) is 42.3 Å². The Balaban J connectivity index is 1.80. The molecule has 10 heteroatoms. The third-order valence-electron chi connectivity index (χ3n) is 5.07. The summed E-state index contributed by atoms with van der Waals surface area (Å²) in [5, 5.41) is 3.80. The average molecular weight is 472 g/mol. The van der Waals surface area contributed by atoms with E-state index in [9.17, 15) is 26.3 Å². The van der Waals surface area contributed by atoms with Gasteiger partial charge in [0.2, 0.25) is 11.7 Å². The highest BCUT2D eigenvalue weighted by Gasteiger charge is 2.35. The molecule has 0 radical (unpaired) electrons. The second-order valence-electron chi connectivity index (χ2n) is 7.69. The molecule has 4 nitrogen and oxygen atoms in total. The van der Waals surface area contributed by atoms with Crippen molar-refractivity contribution in [3.8, 4) is 17.1 Å². The predicted octanol–water partition coefficient (Wildman–Crippen LogP) is 7.65. The van der Waals surface area contributed by atoms with Gasteiger partial charge >= 0.3 is 12.4 Å². The van der Waals surface area contributed by atoms with E-state index in [4.69, 9.17) is 9.26 Å². The predicted molar refractivity (Wildman–Crippen MR) is 108 cm³/mol. The van der Waals surface area contributed by atoms with Crippen LogP contribution in [0.4, 0.5) is 26.3 Å². The van der Waals surface area contributed by atoms with Gasteiger partial charge in [-0.3, -0.25) is 0 Å². The minimum Gasteiger partial charge on any atom is -0.488 e. The van der Waals surface area contributed by atoms with Crippen molar-refractivity contribution >= 4 is 0 Å². The Kier molecular flexibility index (Phi) is 7.34. The number of hydrogen-bond acceptors (Lipinski definition) is 4. The van der Waals surface area contributed by atoms with Gasteiger partial charge in [0.25, 0.3) is 0 Å². The van der Waals surface area contributed by atoms with Crippen LogP contribution in [0.5, 0.6) is 5.75 Å². The van der Waals surface area contributed by atoms with Crippen molar-refractivity contribution in [3.05, 3.63) is 65.0 Å². The van der Waals surface area contributed by atoms with E-state index >= 15 is 0 Å². The van der Waals surface area contributed by atoms with Crippen LogP contribution in [0.2, 0.25) is 0 Å². The Bertz CT molecular complexity index is 1060. The number of benzene rings is 2. The number of unbranched alkanes of at least 4 members (excludes halogenated alkanes) is 1. The fourth-order valence-corrected chi connectivity index (χ4v) is 3.15. The molecule has 3 rings (SSSR count). The Morgan fingerprint density at radius 1 is 0.970 bits per heavy atom. The zero-order valence-electron chi connectivity index (χ0n) is 17.9. The zero-order chi connectivity index (χ0) is 24.2. The van der Waals surface area contributed by atoms with Gasteiger partial charge in [0.1, 0.15) is 12.4 Å². The van der Waals surface area contributed by atoms with Crippen LogP contribution < -0.4 is 4.74 Å². The molecule has 0 unspecified atom stereocenters. The molecule has 0 N–H and O–H groups in total. The molecule has 0 fully saturated rings. The molecule has 1 atom stereocenters. The van der Waals surface area contributed by atoms with Crippen LogP contribution in [0.1, 0.15) is 61.6 Å². The molecule has 3 aromatic rings. The van der Waals surface area contributed by atoms with E-state index in [2.05, 4.69) is 10.1 Å². The summed E-state index contributed by atoms with van der Waals surface area (Å²) in [5.74, 6) is -0.0754. The maximum Gasteiger partial charge on any atom is 0.419 e. The lowest BCUT2D eigenvalue weighted by molar-refractivity contribution is -0.139. The lowest BCUT2D eigenvalue weighted by Gasteiger charge is -2.15. The number of halogens is 6. The number of ether oxygens (including phenoxy) is 1. The number of aromatic nitrogens is 2. The largest absolute Gasteiger partial charge is 0.488 e. The lowest BCUT2D eigenvalue weighted by Crippen LogP contribution is -2.09. The summed E-state index contributed by atoms with van der Waals surface area (Å²) in [6, 6.07) is 7.40. The second-order valence-corrected chi connectivity index (χ2v) is 7.69. The molecule has 1 aromatic heterocycles. The maximum atomic E-state index is 13.7. The van der Waals surface area contributed by atoms with Crippen molar-refractivity contribution in [2.75, 3.05) is 0 Å². The first kappa shape index (κ1) is 24.6. The van der Waals surface area contributed by atoms with Crippen LogP contribution >= 0.6 is 0 Å². The fourth-order valence-electron chi connectivity index (χ4n) is 3.15. The normalized spacial score (nSPS) is 13.2. The minimum atomic E-state index is -4.73. The first-order chi connectivity index (χ1) is 15.5. The Labute approximate surface area is 186 Å². The Morgan fingerprint density at radius 3 is 2.27 bits per heavy atom. The highest BCUT2D eigenvalue weighted by Crippen LogP contribution is 2.39. The van der Waals surface area contributed by atoms with Crippen LogP contribution in [0.25, 0.3) is 11.4 Å². The molecule has 0 aliphatic rings. The number of rotatable bonds is 8. The molecular weight excluding hydrogens is 450 g/mol. The van der Waals surface area contributed by atoms with Gasteiger partial charge in [-0.2, -0.15) is 31.3 Å². The summed E-state index contributed by atoms with van der Waals surface area (Å²) in [6.07, 6.45) is -6.45. The highest BCUT2D eigenvalue weighted by atomic mass is 19.4. The Hall–Kier alpha value is -3.04. The summed E-state index contributed by atoms with van der Waals surface area (Å²) in [5.41, 5.74) is -1.49. The van der Waals surface area contributed by atoms with Gasteiger partial charge in [0.15, 0.2) is 0 Å². The van der Waals surface area contributed by atoms with Crippen molar-refractivity contribution in [1.29, 1.82) is 0 Å². The van der Waals surface area contributed by atoms with E-state index < -0.39 is 29.2 Å². The van der Waals surface area contributed by atoms with Crippen molar-refractivity contribution in [2.45, 2.75) is 58.0 Å². The second kappa shape index (κ2) is 9.84. The first-order valence-corrected chi connectivity index (χ1v) is 10.3. The van der Waals surface area contributed by atoms with Gasteiger partial charge in [0, 0.05) is 11.5 Å². The van der Waals surface area contributed by atoms with E-state index in [-0.39, 0.29) is 23.9 Å². The van der Waals surface area contributed by atoms with Gasteiger partial charge in [-0.1, -0.05) is 44.0 Å². The highest BCUT2D eigenvalue weighted by molar-refractivity contribution is 5.59. The molecule has 0 aliphatic heterocycles. The van der Waals surface area contributed by atoms with Crippen molar-refractivity contribution < 1.29 is 35.6 Å². The molecule has 0 saturated carbocycles. The van der Waals surface area contributed by atoms with Crippen LogP contribution in [-0.4, -0.2) is 10.1 Å². The maximum absolute atomic E-state index is 13.7. The average Bonchev–Trinajstić information content (AvgIpc) is 3.25. The van der Waals surface area contributed by atoms with Crippen molar-refractivity contribution in [3.63, 3.8) is 0 Å². The van der Waals surface area contributed by atoms with Crippen LogP contribution in [0, 0.1) is 0 Å². The van der Waals surface area contributed by atoms with E-state index in [1.54, 1.807) is 0 Å². The smallest absolute Gasteiger partial charge is 0.419 e. The monoisotopic (exact) mass is 472 g/mol. The zero-order valence-corrected chi connectivity index (χ0v) is 17.9. The molecule has 0 bridgehead atoms. The third kappa shape index (κ3) is 6.27. The number of alkyl halides is 6. The standard InChI is InChI=1S/C23H22F6N2O2/c1-3-4-5-14(2)21-30-20(31-33-21)16-8-11-19(18(12-16)23(27,28)29)32-13-15-6-9-17(10-7-15)22(24,25)26/h6-12,14H,3-5,13H2,1-2H3/t14-/m0/s1. The Morgan fingerprint density at radius 2 is 1.67 bits per heavy atom. The van der Waals surface area contributed by atoms with Crippen LogP contribution in [-0.2, 0) is 19.0 Å². The van der Waals surface area contributed by atoms with Gasteiger partial charge in [0.05, 0.1) is 11.1 Å². The van der Waals surface area contributed by atoms with Crippen LogP contribution in [0.15, 0.2) is 47.0 Å². The minimum absolute atomic E-state index is 0.0142. The number of nitrogens with zero attached hydrogens (tertiary/aromatic N) is 2. The molecule has 2 aromatic carbocycles. The molecule has 0 amide bonds. The molecule has 0 saturated heterocycles. The summed E-state index contributed by atoms with van der Waals surface area (Å²) >= 11 is 0. The van der Waals surface area contributed by atoms with Crippen molar-refractivity contribution in [2.24, 2.45) is 0 Å². The van der Waals surface area contributed by atoms with E-state index in [0.29, 0.717) is 11.5 Å². The van der Waals surface area contributed by atoms with Gasteiger partial charge < -0.3 is 9.26 Å². The summed E-state index contributed by atoms with van der Waals surface area (Å²) < 4.78 is 89.5. The molecular formula is C23H22F6N2O2. The number of hydrogen-bond donors (Lipinski definition) is 0. The quantitative estimate of drug-likeness (QED) is 0.316. The van der Waals surface area contributed by atoms with Crippen LogP contribution in [0.3, 0.4) is 0 Å². The van der Waals surface area contributed by atoms with E-state index in [1.807, 2.05) is 13.8 Å². The van der Waals surface area contributed by atoms with E-state index in [1.165, 1.54) is 6.07 Å². The first-order valence-electron chi connectivity index (χ1n) is 10.3.